The van der Waals surface area contributed by atoms with Crippen LogP contribution in [0.25, 0.3) is 0 Å². The van der Waals surface area contributed by atoms with Crippen LogP contribution in [-0.4, -0.2) is 35.0 Å². The molecule has 0 bridgehead atoms. The fourth-order valence-corrected chi connectivity index (χ4v) is 3.09. The molecule has 1 aromatic rings. The van der Waals surface area contributed by atoms with Gasteiger partial charge in [0.15, 0.2) is 0 Å². The van der Waals surface area contributed by atoms with Crippen LogP contribution in [0.4, 0.5) is 5.69 Å². The number of hydrogen-bond acceptors (Lipinski definition) is 3. The second-order valence-electron chi connectivity index (χ2n) is 5.80. The van der Waals surface area contributed by atoms with Gasteiger partial charge in [0.2, 0.25) is 5.91 Å². The quantitative estimate of drug-likeness (QED) is 0.876. The summed E-state index contributed by atoms with van der Waals surface area (Å²) in [5.41, 5.74) is 2.54. The van der Waals surface area contributed by atoms with Crippen molar-refractivity contribution < 1.29 is 9.90 Å². The van der Waals surface area contributed by atoms with Crippen molar-refractivity contribution >= 4 is 11.6 Å². The van der Waals surface area contributed by atoms with E-state index in [0.717, 1.165) is 49.2 Å². The number of aryl methyl sites for hydroxylation is 1. The number of aliphatic hydroxyl groups is 1. The number of anilines is 1. The molecule has 1 unspecified atom stereocenters. The Morgan fingerprint density at radius 2 is 2.24 bits per heavy atom. The largest absolute Gasteiger partial charge is 0.392 e. The number of para-hydroxylation sites is 1. The summed E-state index contributed by atoms with van der Waals surface area (Å²) in [4.78, 5) is 14.9. The number of piperidine rings is 1. The van der Waals surface area contributed by atoms with E-state index in [4.69, 9.17) is 0 Å². The molecule has 2 N–H and O–H groups in total. The number of amides is 1. The van der Waals surface area contributed by atoms with Gasteiger partial charge in [0.1, 0.15) is 0 Å². The second kappa shape index (κ2) is 7.57. The molecule has 1 aromatic carbocycles. The summed E-state index contributed by atoms with van der Waals surface area (Å²) in [6, 6.07) is 5.68. The van der Waals surface area contributed by atoms with Crippen molar-refractivity contribution in [1.29, 1.82) is 0 Å². The van der Waals surface area contributed by atoms with Crippen LogP contribution in [0.3, 0.4) is 0 Å². The summed E-state index contributed by atoms with van der Waals surface area (Å²) in [6.07, 6.45) is 4.27. The van der Waals surface area contributed by atoms with Gasteiger partial charge in [-0.1, -0.05) is 31.5 Å². The number of hydrogen-bond donors (Lipinski definition) is 2. The first-order valence-corrected chi connectivity index (χ1v) is 7.91. The van der Waals surface area contributed by atoms with E-state index in [-0.39, 0.29) is 18.6 Å². The summed E-state index contributed by atoms with van der Waals surface area (Å²) in [5.74, 6) is 0.0622. The first kappa shape index (κ1) is 16.0. The summed E-state index contributed by atoms with van der Waals surface area (Å²) in [7, 11) is 0. The van der Waals surface area contributed by atoms with Crippen LogP contribution >= 0.6 is 0 Å². The summed E-state index contributed by atoms with van der Waals surface area (Å²) < 4.78 is 0. The maximum atomic E-state index is 12.6. The third-order valence-corrected chi connectivity index (χ3v) is 4.20. The van der Waals surface area contributed by atoms with Crippen molar-refractivity contribution in [2.75, 3.05) is 18.4 Å². The molecule has 1 aliphatic rings. The van der Waals surface area contributed by atoms with E-state index >= 15 is 0 Å². The Balaban J connectivity index is 2.13. The van der Waals surface area contributed by atoms with Crippen LogP contribution in [-0.2, 0) is 11.4 Å². The van der Waals surface area contributed by atoms with Gasteiger partial charge in [-0.2, -0.15) is 0 Å². The van der Waals surface area contributed by atoms with Gasteiger partial charge in [-0.05, 0) is 44.8 Å². The molecular weight excluding hydrogens is 264 g/mol. The first-order valence-electron chi connectivity index (χ1n) is 7.91. The first-order chi connectivity index (χ1) is 10.2. The maximum absolute atomic E-state index is 12.6. The van der Waals surface area contributed by atoms with Gasteiger partial charge in [-0.25, -0.2) is 0 Å². The molecule has 1 atom stereocenters. The van der Waals surface area contributed by atoms with Crippen LogP contribution in [0.1, 0.15) is 43.7 Å². The minimum atomic E-state index is -0.0549. The molecule has 0 radical (unpaired) electrons. The van der Waals surface area contributed by atoms with Gasteiger partial charge in [-0.15, -0.1) is 0 Å². The normalized spacial score (nSPS) is 19.5. The molecule has 1 aliphatic heterocycles. The van der Waals surface area contributed by atoms with Crippen molar-refractivity contribution in [2.24, 2.45) is 0 Å². The fraction of sp³-hybridized carbons (Fsp3) is 0.588. The number of carbonyl (C=O) groups is 1. The molecule has 116 valence electrons. The monoisotopic (exact) mass is 290 g/mol. The van der Waals surface area contributed by atoms with Crippen molar-refractivity contribution in [3.63, 3.8) is 0 Å². The molecule has 4 nitrogen and oxygen atoms in total. The highest BCUT2D eigenvalue weighted by atomic mass is 16.3. The van der Waals surface area contributed by atoms with Crippen molar-refractivity contribution in [2.45, 2.75) is 52.2 Å². The van der Waals surface area contributed by atoms with Gasteiger partial charge in [0, 0.05) is 11.3 Å². The predicted molar refractivity (Wildman–Crippen MR) is 85.2 cm³/mol. The molecule has 2 rings (SSSR count). The number of carbonyl (C=O) groups excluding carboxylic acids is 1. The Labute approximate surface area is 127 Å². The van der Waals surface area contributed by atoms with Crippen LogP contribution in [0.15, 0.2) is 18.2 Å². The Kier molecular flexibility index (Phi) is 5.76. The lowest BCUT2D eigenvalue weighted by Gasteiger charge is -2.34. The minimum absolute atomic E-state index is 0.0372. The number of benzene rings is 1. The molecule has 0 spiro atoms. The zero-order valence-corrected chi connectivity index (χ0v) is 13.1. The van der Waals surface area contributed by atoms with Crippen molar-refractivity contribution in [1.82, 2.24) is 4.90 Å². The molecule has 0 aliphatic carbocycles. The van der Waals surface area contributed by atoms with Gasteiger partial charge in [-0.3, -0.25) is 9.69 Å². The SMILES string of the molecule is CCCN1CCCCC1C(=O)Nc1c(C)cccc1CO. The molecule has 21 heavy (non-hydrogen) atoms. The molecule has 0 aromatic heterocycles. The van der Waals surface area contributed by atoms with Crippen LogP contribution in [0.2, 0.25) is 0 Å². The van der Waals surface area contributed by atoms with E-state index in [9.17, 15) is 9.90 Å². The van der Waals surface area contributed by atoms with E-state index in [2.05, 4.69) is 17.1 Å². The summed E-state index contributed by atoms with van der Waals surface area (Å²) >= 11 is 0. The third kappa shape index (κ3) is 3.83. The van der Waals surface area contributed by atoms with E-state index in [1.807, 2.05) is 25.1 Å². The third-order valence-electron chi connectivity index (χ3n) is 4.20. The fourth-order valence-electron chi connectivity index (χ4n) is 3.09. The summed E-state index contributed by atoms with van der Waals surface area (Å²) in [6.45, 7) is 6.03. The highest BCUT2D eigenvalue weighted by Crippen LogP contribution is 2.23. The van der Waals surface area contributed by atoms with Crippen molar-refractivity contribution in [3.05, 3.63) is 29.3 Å². The number of nitrogens with zero attached hydrogens (tertiary/aromatic N) is 1. The Hall–Kier alpha value is -1.39. The number of rotatable bonds is 5. The maximum Gasteiger partial charge on any atom is 0.241 e. The van der Waals surface area contributed by atoms with Crippen LogP contribution in [0.5, 0.6) is 0 Å². The molecule has 1 fully saturated rings. The zero-order chi connectivity index (χ0) is 15.2. The molecule has 1 heterocycles. The molecule has 1 amide bonds. The van der Waals surface area contributed by atoms with E-state index in [0.29, 0.717) is 0 Å². The van der Waals surface area contributed by atoms with Crippen molar-refractivity contribution in [3.8, 4) is 0 Å². The lowest BCUT2D eigenvalue weighted by molar-refractivity contribution is -0.122. The molecule has 4 heteroatoms. The lowest BCUT2D eigenvalue weighted by atomic mass is 10.0. The van der Waals surface area contributed by atoms with Gasteiger partial charge in [0.05, 0.1) is 12.6 Å². The highest BCUT2D eigenvalue weighted by Gasteiger charge is 2.28. The highest BCUT2D eigenvalue weighted by molar-refractivity contribution is 5.96. The number of aliphatic hydroxyl groups excluding tert-OH is 1. The molecular formula is C17H26N2O2. The predicted octanol–water partition coefficient (Wildman–Crippen LogP) is 2.69. The zero-order valence-electron chi connectivity index (χ0n) is 13.1. The van der Waals surface area contributed by atoms with Crippen LogP contribution < -0.4 is 5.32 Å². The topological polar surface area (TPSA) is 52.6 Å². The molecule has 1 saturated heterocycles. The Bertz CT molecular complexity index is 486. The minimum Gasteiger partial charge on any atom is -0.392 e. The van der Waals surface area contributed by atoms with E-state index < -0.39 is 0 Å². The number of likely N-dealkylation sites (tertiary alicyclic amines) is 1. The second-order valence-corrected chi connectivity index (χ2v) is 5.80. The summed E-state index contributed by atoms with van der Waals surface area (Å²) in [5, 5.41) is 12.5. The Morgan fingerprint density at radius 3 is 2.95 bits per heavy atom. The molecule has 0 saturated carbocycles. The van der Waals surface area contributed by atoms with Crippen LogP contribution in [0, 0.1) is 6.92 Å². The lowest BCUT2D eigenvalue weighted by Crippen LogP contribution is -2.47. The van der Waals surface area contributed by atoms with Gasteiger partial charge in [0.25, 0.3) is 0 Å². The van der Waals surface area contributed by atoms with E-state index in [1.54, 1.807) is 0 Å². The smallest absolute Gasteiger partial charge is 0.241 e. The van der Waals surface area contributed by atoms with E-state index in [1.165, 1.54) is 6.42 Å². The van der Waals surface area contributed by atoms with Gasteiger partial charge < -0.3 is 10.4 Å². The average Bonchev–Trinajstić information content (AvgIpc) is 2.50. The Morgan fingerprint density at radius 1 is 1.43 bits per heavy atom. The number of nitrogens with one attached hydrogen (secondary N) is 1. The average molecular weight is 290 g/mol. The standard InChI is InChI=1S/C17H26N2O2/c1-3-10-19-11-5-4-9-15(19)17(21)18-16-13(2)7-6-8-14(16)12-20/h6-8,15,20H,3-5,9-12H2,1-2H3,(H,18,21). The van der Waals surface area contributed by atoms with Gasteiger partial charge >= 0.3 is 0 Å².